The number of carbonyl (C=O) groups is 1. The summed E-state index contributed by atoms with van der Waals surface area (Å²) in [7, 11) is 1.39. The Balaban J connectivity index is 2.54. The number of anilines is 1. The van der Waals surface area contributed by atoms with Gasteiger partial charge >= 0.3 is 5.97 Å². The van der Waals surface area contributed by atoms with E-state index in [0.29, 0.717) is 18.0 Å². The molecule has 0 aliphatic rings. The zero-order valence-electron chi connectivity index (χ0n) is 7.66. The standard InChI is InChI=1S/C8H12N2O2S/c1-5-6(13-8(9)10-5)3-4-7(11)12-2/h3-4H2,1-2H3,(H2,9,10). The molecule has 1 aromatic heterocycles. The number of hydrogen-bond donors (Lipinski definition) is 1. The van der Waals surface area contributed by atoms with E-state index >= 15 is 0 Å². The second-order valence-electron chi connectivity index (χ2n) is 2.64. The topological polar surface area (TPSA) is 65.2 Å². The predicted molar refractivity (Wildman–Crippen MR) is 51.6 cm³/mol. The Morgan fingerprint density at radius 1 is 1.69 bits per heavy atom. The van der Waals surface area contributed by atoms with E-state index in [1.807, 2.05) is 6.92 Å². The van der Waals surface area contributed by atoms with Gasteiger partial charge < -0.3 is 10.5 Å². The average molecular weight is 200 g/mol. The van der Waals surface area contributed by atoms with Crippen LogP contribution in [0.5, 0.6) is 0 Å². The van der Waals surface area contributed by atoms with E-state index in [-0.39, 0.29) is 5.97 Å². The minimum Gasteiger partial charge on any atom is -0.469 e. The zero-order chi connectivity index (χ0) is 9.84. The van der Waals surface area contributed by atoms with E-state index in [4.69, 9.17) is 5.73 Å². The fraction of sp³-hybridized carbons (Fsp3) is 0.500. The Labute approximate surface area is 80.7 Å². The van der Waals surface area contributed by atoms with Crippen molar-refractivity contribution in [2.24, 2.45) is 0 Å². The van der Waals surface area contributed by atoms with Gasteiger partial charge in [-0.05, 0) is 13.3 Å². The van der Waals surface area contributed by atoms with Crippen molar-refractivity contribution in [2.75, 3.05) is 12.8 Å². The molecule has 0 aliphatic heterocycles. The van der Waals surface area contributed by atoms with Gasteiger partial charge in [-0.25, -0.2) is 4.98 Å². The third kappa shape index (κ3) is 2.69. The van der Waals surface area contributed by atoms with Crippen LogP contribution in [-0.4, -0.2) is 18.1 Å². The smallest absolute Gasteiger partial charge is 0.305 e. The number of methoxy groups -OCH3 is 1. The summed E-state index contributed by atoms with van der Waals surface area (Å²) >= 11 is 1.43. The third-order valence-corrected chi connectivity index (χ3v) is 2.74. The molecule has 1 rings (SSSR count). The second-order valence-corrected chi connectivity index (χ2v) is 3.75. The van der Waals surface area contributed by atoms with Gasteiger partial charge in [0.15, 0.2) is 5.13 Å². The normalized spacial score (nSPS) is 10.0. The van der Waals surface area contributed by atoms with E-state index < -0.39 is 0 Å². The van der Waals surface area contributed by atoms with E-state index in [1.54, 1.807) is 0 Å². The Hall–Kier alpha value is -1.10. The Bertz CT molecular complexity index is 309. The highest BCUT2D eigenvalue weighted by Crippen LogP contribution is 2.20. The molecule has 0 aliphatic carbocycles. The first-order valence-corrected chi connectivity index (χ1v) is 4.73. The van der Waals surface area contributed by atoms with E-state index in [9.17, 15) is 4.79 Å². The monoisotopic (exact) mass is 200 g/mol. The molecule has 0 spiro atoms. The molecule has 0 radical (unpaired) electrons. The summed E-state index contributed by atoms with van der Waals surface area (Å²) in [5.74, 6) is -0.202. The van der Waals surface area contributed by atoms with Crippen molar-refractivity contribution in [1.82, 2.24) is 4.98 Å². The molecule has 72 valence electrons. The minimum absolute atomic E-state index is 0.202. The quantitative estimate of drug-likeness (QED) is 0.743. The lowest BCUT2D eigenvalue weighted by molar-refractivity contribution is -0.140. The highest BCUT2D eigenvalue weighted by atomic mass is 32.1. The van der Waals surface area contributed by atoms with E-state index in [1.165, 1.54) is 18.4 Å². The molecule has 1 heterocycles. The predicted octanol–water partition coefficient (Wildman–Crippen LogP) is 1.14. The summed E-state index contributed by atoms with van der Waals surface area (Å²) in [4.78, 5) is 16.0. The van der Waals surface area contributed by atoms with Crippen LogP contribution >= 0.6 is 11.3 Å². The number of nitrogens with two attached hydrogens (primary N) is 1. The number of ether oxygens (including phenoxy) is 1. The number of nitrogen functional groups attached to an aromatic ring is 1. The number of thiazole rings is 1. The molecule has 5 heteroatoms. The summed E-state index contributed by atoms with van der Waals surface area (Å²) in [6.07, 6.45) is 1.05. The van der Waals surface area contributed by atoms with Gasteiger partial charge in [0.05, 0.1) is 19.2 Å². The first kappa shape index (κ1) is 9.98. The average Bonchev–Trinajstić information content (AvgIpc) is 2.41. The summed E-state index contributed by atoms with van der Waals surface area (Å²) in [6.45, 7) is 1.89. The van der Waals surface area contributed by atoms with Gasteiger partial charge in [0.2, 0.25) is 0 Å². The number of aryl methyl sites for hydroxylation is 2. The maximum absolute atomic E-state index is 10.8. The first-order chi connectivity index (χ1) is 6.13. The van der Waals surface area contributed by atoms with Crippen LogP contribution in [0.3, 0.4) is 0 Å². The molecular formula is C8H12N2O2S. The highest BCUT2D eigenvalue weighted by molar-refractivity contribution is 7.15. The molecule has 0 aromatic carbocycles. The van der Waals surface area contributed by atoms with Crippen molar-refractivity contribution >= 4 is 22.4 Å². The van der Waals surface area contributed by atoms with Gasteiger partial charge in [0, 0.05) is 4.88 Å². The van der Waals surface area contributed by atoms with Crippen LogP contribution in [0.2, 0.25) is 0 Å². The van der Waals surface area contributed by atoms with Crippen LogP contribution in [-0.2, 0) is 16.0 Å². The Kier molecular flexibility index (Phi) is 3.25. The summed E-state index contributed by atoms with van der Waals surface area (Å²) in [5, 5.41) is 0.553. The van der Waals surface area contributed by atoms with Crippen LogP contribution in [0, 0.1) is 6.92 Å². The minimum atomic E-state index is -0.202. The highest BCUT2D eigenvalue weighted by Gasteiger charge is 2.07. The molecule has 2 N–H and O–H groups in total. The maximum atomic E-state index is 10.8. The van der Waals surface area contributed by atoms with Crippen LogP contribution in [0.1, 0.15) is 17.0 Å². The van der Waals surface area contributed by atoms with Crippen molar-refractivity contribution in [1.29, 1.82) is 0 Å². The van der Waals surface area contributed by atoms with Crippen molar-refractivity contribution in [3.8, 4) is 0 Å². The molecule has 0 bridgehead atoms. The molecule has 0 amide bonds. The van der Waals surface area contributed by atoms with Gasteiger partial charge in [-0.15, -0.1) is 11.3 Å². The van der Waals surface area contributed by atoms with Gasteiger partial charge in [0.1, 0.15) is 0 Å². The van der Waals surface area contributed by atoms with Gasteiger partial charge in [-0.1, -0.05) is 0 Å². The number of esters is 1. The number of rotatable bonds is 3. The van der Waals surface area contributed by atoms with Crippen LogP contribution in [0.4, 0.5) is 5.13 Å². The first-order valence-electron chi connectivity index (χ1n) is 3.92. The van der Waals surface area contributed by atoms with Crippen LogP contribution < -0.4 is 5.73 Å². The van der Waals surface area contributed by atoms with Crippen LogP contribution in [0.15, 0.2) is 0 Å². The van der Waals surface area contributed by atoms with Crippen molar-refractivity contribution in [2.45, 2.75) is 19.8 Å². The SMILES string of the molecule is COC(=O)CCc1sc(N)nc1C. The molecule has 0 unspecified atom stereocenters. The van der Waals surface area contributed by atoms with E-state index in [0.717, 1.165) is 10.6 Å². The molecule has 13 heavy (non-hydrogen) atoms. The number of aromatic nitrogens is 1. The number of nitrogens with zero attached hydrogens (tertiary/aromatic N) is 1. The summed E-state index contributed by atoms with van der Waals surface area (Å²) in [5.41, 5.74) is 6.42. The fourth-order valence-electron chi connectivity index (χ4n) is 1.00. The number of hydrogen-bond acceptors (Lipinski definition) is 5. The molecule has 0 fully saturated rings. The lowest BCUT2D eigenvalue weighted by Gasteiger charge is -1.97. The van der Waals surface area contributed by atoms with Gasteiger partial charge in [-0.3, -0.25) is 4.79 Å². The van der Waals surface area contributed by atoms with Crippen molar-refractivity contribution < 1.29 is 9.53 Å². The van der Waals surface area contributed by atoms with E-state index in [2.05, 4.69) is 9.72 Å². The van der Waals surface area contributed by atoms with Crippen molar-refractivity contribution in [3.63, 3.8) is 0 Å². The molecule has 0 atom stereocenters. The van der Waals surface area contributed by atoms with Gasteiger partial charge in [0.25, 0.3) is 0 Å². The summed E-state index contributed by atoms with van der Waals surface area (Å²) < 4.78 is 4.53. The summed E-state index contributed by atoms with van der Waals surface area (Å²) in [6, 6.07) is 0. The largest absolute Gasteiger partial charge is 0.469 e. The molecule has 4 nitrogen and oxygen atoms in total. The zero-order valence-corrected chi connectivity index (χ0v) is 8.48. The molecule has 1 aromatic rings. The fourth-order valence-corrected chi connectivity index (χ4v) is 1.83. The Morgan fingerprint density at radius 2 is 2.38 bits per heavy atom. The van der Waals surface area contributed by atoms with Gasteiger partial charge in [-0.2, -0.15) is 0 Å². The van der Waals surface area contributed by atoms with Crippen LogP contribution in [0.25, 0.3) is 0 Å². The third-order valence-electron chi connectivity index (χ3n) is 1.69. The lowest BCUT2D eigenvalue weighted by Crippen LogP contribution is -2.01. The lowest BCUT2D eigenvalue weighted by atomic mass is 10.2. The number of carbonyl (C=O) groups excluding carboxylic acids is 1. The second kappa shape index (κ2) is 4.23. The Morgan fingerprint density at radius 3 is 2.85 bits per heavy atom. The maximum Gasteiger partial charge on any atom is 0.305 e. The molecular weight excluding hydrogens is 188 g/mol. The molecule has 0 saturated carbocycles. The van der Waals surface area contributed by atoms with Crippen molar-refractivity contribution in [3.05, 3.63) is 10.6 Å². The molecule has 0 saturated heterocycles.